The van der Waals surface area contributed by atoms with E-state index in [1.54, 1.807) is 0 Å². The molecule has 2 N–H and O–H groups in total. The molecule has 2 heteroatoms. The van der Waals surface area contributed by atoms with Crippen LogP contribution < -0.4 is 5.73 Å². The topological polar surface area (TPSA) is 26.0 Å². The molecule has 0 radical (unpaired) electrons. The van der Waals surface area contributed by atoms with Crippen LogP contribution in [-0.2, 0) is 6.54 Å². The molecule has 94 valence electrons. The van der Waals surface area contributed by atoms with Gasteiger partial charge in [0, 0.05) is 16.7 Å². The van der Waals surface area contributed by atoms with Crippen molar-refractivity contribution < 1.29 is 0 Å². The van der Waals surface area contributed by atoms with Gasteiger partial charge in [-0.15, -0.1) is 11.8 Å². The van der Waals surface area contributed by atoms with Gasteiger partial charge in [-0.1, -0.05) is 25.5 Å². The summed E-state index contributed by atoms with van der Waals surface area (Å²) in [7, 11) is 0. The van der Waals surface area contributed by atoms with Crippen LogP contribution in [0.5, 0.6) is 0 Å². The summed E-state index contributed by atoms with van der Waals surface area (Å²) in [5.74, 6) is 0.992. The van der Waals surface area contributed by atoms with Crippen LogP contribution in [0.15, 0.2) is 29.2 Å². The lowest BCUT2D eigenvalue weighted by Crippen LogP contribution is -2.15. The Labute approximate surface area is 109 Å². The highest BCUT2D eigenvalue weighted by molar-refractivity contribution is 8.00. The average molecular weight is 249 g/mol. The average Bonchev–Trinajstić information content (AvgIpc) is 2.40. The highest BCUT2D eigenvalue weighted by Crippen LogP contribution is 2.36. The lowest BCUT2D eigenvalue weighted by atomic mass is 9.87. The molecule has 0 heterocycles. The van der Waals surface area contributed by atoms with Crippen molar-refractivity contribution in [3.63, 3.8) is 0 Å². The molecule has 0 unspecified atom stereocenters. The second kappa shape index (κ2) is 6.46. The minimum absolute atomic E-state index is 0.645. The van der Waals surface area contributed by atoms with Crippen LogP contribution in [0.2, 0.25) is 0 Å². The first-order valence-electron chi connectivity index (χ1n) is 6.77. The van der Waals surface area contributed by atoms with Gasteiger partial charge in [0.15, 0.2) is 0 Å². The smallest absolute Gasteiger partial charge is 0.0178 e. The molecule has 0 amide bonds. The number of hydrogen-bond donors (Lipinski definition) is 1. The van der Waals surface area contributed by atoms with E-state index < -0.39 is 0 Å². The van der Waals surface area contributed by atoms with E-state index in [0.29, 0.717) is 6.54 Å². The molecule has 1 aromatic carbocycles. The molecule has 2 rings (SSSR count). The van der Waals surface area contributed by atoms with Gasteiger partial charge in [-0.05, 0) is 49.3 Å². The van der Waals surface area contributed by atoms with Crippen LogP contribution in [0.4, 0.5) is 0 Å². The van der Waals surface area contributed by atoms with Crippen LogP contribution in [0, 0.1) is 5.92 Å². The van der Waals surface area contributed by atoms with Gasteiger partial charge < -0.3 is 5.73 Å². The highest BCUT2D eigenvalue weighted by atomic mass is 32.2. The van der Waals surface area contributed by atoms with Crippen molar-refractivity contribution in [1.82, 2.24) is 0 Å². The van der Waals surface area contributed by atoms with Crippen molar-refractivity contribution in [3.8, 4) is 0 Å². The third-order valence-electron chi connectivity index (χ3n) is 3.83. The van der Waals surface area contributed by atoms with E-state index >= 15 is 0 Å². The molecule has 17 heavy (non-hydrogen) atoms. The zero-order valence-corrected chi connectivity index (χ0v) is 11.5. The summed E-state index contributed by atoms with van der Waals surface area (Å²) in [6.07, 6.45) is 7.00. The van der Waals surface area contributed by atoms with Crippen LogP contribution in [0.25, 0.3) is 0 Å². The van der Waals surface area contributed by atoms with Crippen molar-refractivity contribution in [2.45, 2.75) is 55.7 Å². The highest BCUT2D eigenvalue weighted by Gasteiger charge is 2.20. The van der Waals surface area contributed by atoms with Gasteiger partial charge in [-0.25, -0.2) is 0 Å². The maximum Gasteiger partial charge on any atom is 0.0178 e. The predicted octanol–water partition coefficient (Wildman–Crippen LogP) is 4.21. The lowest BCUT2D eigenvalue weighted by molar-refractivity contribution is 0.356. The van der Waals surface area contributed by atoms with Gasteiger partial charge in [0.25, 0.3) is 0 Å². The number of benzene rings is 1. The SMILES string of the molecule is CCC1CCC(Sc2ccc(CN)cc2)CC1. The van der Waals surface area contributed by atoms with Crippen LogP contribution in [0.1, 0.15) is 44.6 Å². The molecular formula is C15H23NS. The first-order chi connectivity index (χ1) is 8.31. The normalized spacial score (nSPS) is 24.8. The van der Waals surface area contributed by atoms with E-state index in [-0.39, 0.29) is 0 Å². The second-order valence-electron chi connectivity index (χ2n) is 5.02. The molecule has 1 aliphatic rings. The van der Waals surface area contributed by atoms with Gasteiger partial charge in [-0.3, -0.25) is 0 Å². The van der Waals surface area contributed by atoms with Crippen molar-refractivity contribution in [2.24, 2.45) is 11.7 Å². The molecule has 0 aliphatic heterocycles. The van der Waals surface area contributed by atoms with Crippen LogP contribution in [0.3, 0.4) is 0 Å². The first-order valence-corrected chi connectivity index (χ1v) is 7.65. The van der Waals surface area contributed by atoms with Crippen LogP contribution in [-0.4, -0.2) is 5.25 Å². The Kier molecular flexibility index (Phi) is 4.93. The van der Waals surface area contributed by atoms with Gasteiger partial charge in [0.1, 0.15) is 0 Å². The standard InChI is InChI=1S/C15H23NS/c1-2-12-3-7-14(8-4-12)17-15-9-5-13(11-16)6-10-15/h5-6,9-10,12,14H,2-4,7-8,11,16H2,1H3. The molecule has 0 atom stereocenters. The number of hydrogen-bond acceptors (Lipinski definition) is 2. The van der Waals surface area contributed by atoms with E-state index in [4.69, 9.17) is 5.73 Å². The van der Waals surface area contributed by atoms with E-state index in [1.165, 1.54) is 42.6 Å². The van der Waals surface area contributed by atoms with E-state index in [1.807, 2.05) is 0 Å². The Morgan fingerprint density at radius 2 is 1.76 bits per heavy atom. The van der Waals surface area contributed by atoms with Crippen LogP contribution >= 0.6 is 11.8 Å². The Bertz CT molecular complexity index is 325. The Hall–Kier alpha value is -0.470. The molecule has 0 bridgehead atoms. The quantitative estimate of drug-likeness (QED) is 0.865. The zero-order chi connectivity index (χ0) is 12.1. The second-order valence-corrected chi connectivity index (χ2v) is 6.39. The fourth-order valence-corrected chi connectivity index (χ4v) is 3.74. The van der Waals surface area contributed by atoms with Crippen molar-refractivity contribution in [2.75, 3.05) is 0 Å². The molecule has 1 saturated carbocycles. The molecule has 0 saturated heterocycles. The summed E-state index contributed by atoms with van der Waals surface area (Å²) in [4.78, 5) is 1.40. The third-order valence-corrected chi connectivity index (χ3v) is 5.18. The van der Waals surface area contributed by atoms with E-state index in [9.17, 15) is 0 Å². The minimum atomic E-state index is 0.645. The molecule has 1 nitrogen and oxygen atoms in total. The largest absolute Gasteiger partial charge is 0.326 e. The number of rotatable bonds is 4. The maximum atomic E-state index is 5.61. The summed E-state index contributed by atoms with van der Waals surface area (Å²) in [6.45, 7) is 2.97. The monoisotopic (exact) mass is 249 g/mol. The van der Waals surface area contributed by atoms with Gasteiger partial charge in [-0.2, -0.15) is 0 Å². The zero-order valence-electron chi connectivity index (χ0n) is 10.7. The summed E-state index contributed by atoms with van der Waals surface area (Å²) < 4.78 is 0. The van der Waals surface area contributed by atoms with Crippen molar-refractivity contribution >= 4 is 11.8 Å². The summed E-state index contributed by atoms with van der Waals surface area (Å²) >= 11 is 2.06. The molecule has 1 aliphatic carbocycles. The number of thioether (sulfide) groups is 1. The molecule has 1 aromatic rings. The maximum absolute atomic E-state index is 5.61. The first kappa shape index (κ1) is 13.0. The number of nitrogens with two attached hydrogens (primary N) is 1. The fraction of sp³-hybridized carbons (Fsp3) is 0.600. The molecule has 1 fully saturated rings. The third kappa shape index (κ3) is 3.75. The van der Waals surface area contributed by atoms with Gasteiger partial charge in [0.2, 0.25) is 0 Å². The van der Waals surface area contributed by atoms with E-state index in [2.05, 4.69) is 43.0 Å². The van der Waals surface area contributed by atoms with Gasteiger partial charge in [0.05, 0.1) is 0 Å². The Morgan fingerprint density at radius 1 is 1.12 bits per heavy atom. The van der Waals surface area contributed by atoms with Crippen molar-refractivity contribution in [1.29, 1.82) is 0 Å². The Balaban J connectivity index is 1.84. The molecule has 0 aromatic heterocycles. The van der Waals surface area contributed by atoms with E-state index in [0.717, 1.165) is 11.2 Å². The minimum Gasteiger partial charge on any atom is -0.326 e. The predicted molar refractivity (Wildman–Crippen MR) is 76.2 cm³/mol. The fourth-order valence-electron chi connectivity index (χ4n) is 2.55. The Morgan fingerprint density at radius 3 is 2.29 bits per heavy atom. The lowest BCUT2D eigenvalue weighted by Gasteiger charge is -2.27. The molecular weight excluding hydrogens is 226 g/mol. The summed E-state index contributed by atoms with van der Waals surface area (Å²) in [6, 6.07) is 8.75. The molecule has 0 spiro atoms. The summed E-state index contributed by atoms with van der Waals surface area (Å²) in [5.41, 5.74) is 6.83. The van der Waals surface area contributed by atoms with Crippen molar-refractivity contribution in [3.05, 3.63) is 29.8 Å². The van der Waals surface area contributed by atoms with Gasteiger partial charge >= 0.3 is 0 Å². The summed E-state index contributed by atoms with van der Waals surface area (Å²) in [5, 5.41) is 0.835.